The minimum atomic E-state index is -0.388. The highest BCUT2D eigenvalue weighted by Crippen LogP contribution is 2.25. The predicted octanol–water partition coefficient (Wildman–Crippen LogP) is 1.71. The third kappa shape index (κ3) is 3.51. The van der Waals surface area contributed by atoms with Gasteiger partial charge in [0.05, 0.1) is 44.7 Å². The summed E-state index contributed by atoms with van der Waals surface area (Å²) in [4.78, 5) is 19.1. The third-order valence-electron chi connectivity index (χ3n) is 4.61. The van der Waals surface area contributed by atoms with Gasteiger partial charge in [0.15, 0.2) is 0 Å². The summed E-state index contributed by atoms with van der Waals surface area (Å²) in [7, 11) is 5.05. The molecule has 1 aromatic heterocycles. The zero-order valence-corrected chi connectivity index (χ0v) is 14.7. The van der Waals surface area contributed by atoms with Gasteiger partial charge in [-0.3, -0.25) is 4.79 Å². The van der Waals surface area contributed by atoms with Crippen molar-refractivity contribution < 1.29 is 18.7 Å². The van der Waals surface area contributed by atoms with Gasteiger partial charge >= 0.3 is 0 Å². The first kappa shape index (κ1) is 17.4. The number of amides is 1. The number of hydrogen-bond donors (Lipinski definition) is 0. The summed E-state index contributed by atoms with van der Waals surface area (Å²) in [6.45, 7) is 0.906. The second kappa shape index (κ2) is 7.23. The van der Waals surface area contributed by atoms with Gasteiger partial charge in [0.25, 0.3) is 0 Å². The molecule has 2 aromatic rings. The van der Waals surface area contributed by atoms with Gasteiger partial charge < -0.3 is 18.9 Å². The third-order valence-corrected chi connectivity index (χ3v) is 4.61. The van der Waals surface area contributed by atoms with Crippen LogP contribution in [0.4, 0.5) is 4.39 Å². The smallest absolute Gasteiger partial charge is 0.227 e. The topological polar surface area (TPSA) is 56.6 Å². The fourth-order valence-electron chi connectivity index (χ4n) is 3.28. The van der Waals surface area contributed by atoms with Gasteiger partial charge in [-0.2, -0.15) is 0 Å². The van der Waals surface area contributed by atoms with E-state index in [1.54, 1.807) is 24.4 Å². The summed E-state index contributed by atoms with van der Waals surface area (Å²) < 4.78 is 25.8. The molecule has 0 N–H and O–H groups in total. The van der Waals surface area contributed by atoms with E-state index in [2.05, 4.69) is 4.98 Å². The van der Waals surface area contributed by atoms with Crippen LogP contribution in [0.3, 0.4) is 0 Å². The first-order chi connectivity index (χ1) is 12.0. The number of aromatic nitrogens is 2. The summed E-state index contributed by atoms with van der Waals surface area (Å²) >= 11 is 0. The lowest BCUT2D eigenvalue weighted by Crippen LogP contribution is -2.47. The number of methoxy groups -OCH3 is 2. The maximum Gasteiger partial charge on any atom is 0.227 e. The van der Waals surface area contributed by atoms with Crippen LogP contribution in [-0.2, 0) is 36.0 Å². The van der Waals surface area contributed by atoms with Crippen molar-refractivity contribution in [1.29, 1.82) is 0 Å². The largest absolute Gasteiger partial charge is 0.496 e. The van der Waals surface area contributed by atoms with Gasteiger partial charge in [-0.1, -0.05) is 6.07 Å². The fraction of sp³-hybridized carbons (Fsp3) is 0.444. The molecule has 0 saturated carbocycles. The van der Waals surface area contributed by atoms with E-state index in [-0.39, 0.29) is 24.2 Å². The van der Waals surface area contributed by atoms with Crippen molar-refractivity contribution in [2.75, 3.05) is 20.8 Å². The molecule has 2 heterocycles. The van der Waals surface area contributed by atoms with Crippen molar-refractivity contribution >= 4 is 5.91 Å². The molecule has 0 unspecified atom stereocenters. The van der Waals surface area contributed by atoms with Crippen LogP contribution in [0.15, 0.2) is 24.5 Å². The Hall–Kier alpha value is -2.41. The number of halogens is 1. The van der Waals surface area contributed by atoms with Crippen LogP contribution in [0.1, 0.15) is 17.0 Å². The molecular formula is C18H22FN3O3. The summed E-state index contributed by atoms with van der Waals surface area (Å²) in [5.41, 5.74) is 2.71. The lowest BCUT2D eigenvalue weighted by atomic mass is 10.0. The zero-order chi connectivity index (χ0) is 18.0. The van der Waals surface area contributed by atoms with Gasteiger partial charge in [0, 0.05) is 37.9 Å². The maximum atomic E-state index is 13.4. The van der Waals surface area contributed by atoms with E-state index in [9.17, 15) is 9.18 Å². The molecule has 1 atom stereocenters. The number of rotatable bonds is 5. The van der Waals surface area contributed by atoms with E-state index in [0.717, 1.165) is 11.4 Å². The minimum absolute atomic E-state index is 0.0492. The Morgan fingerprint density at radius 1 is 1.40 bits per heavy atom. The molecule has 0 radical (unpaired) electrons. The highest BCUT2D eigenvalue weighted by molar-refractivity contribution is 5.80. The number of nitrogens with zero attached hydrogens (tertiary/aromatic N) is 3. The van der Waals surface area contributed by atoms with Crippen molar-refractivity contribution in [3.05, 3.63) is 47.3 Å². The van der Waals surface area contributed by atoms with E-state index in [1.165, 1.54) is 19.2 Å². The average molecular weight is 347 g/mol. The normalized spacial score (nSPS) is 16.6. The van der Waals surface area contributed by atoms with E-state index in [0.29, 0.717) is 30.9 Å². The highest BCUT2D eigenvalue weighted by atomic mass is 19.1. The molecule has 1 amide bonds. The Morgan fingerprint density at radius 2 is 2.20 bits per heavy atom. The Kier molecular flexibility index (Phi) is 5.03. The fourth-order valence-corrected chi connectivity index (χ4v) is 3.28. The first-order valence-corrected chi connectivity index (χ1v) is 8.13. The molecule has 0 spiro atoms. The molecule has 25 heavy (non-hydrogen) atoms. The van der Waals surface area contributed by atoms with E-state index < -0.39 is 0 Å². The SMILES string of the molecule is COC[C@@H]1Cc2c(ncn2C)CN1C(=O)Cc1ccc(F)cc1OC. The maximum absolute atomic E-state index is 13.4. The second-order valence-corrected chi connectivity index (χ2v) is 6.22. The van der Waals surface area contributed by atoms with Crippen LogP contribution in [0, 0.1) is 5.82 Å². The van der Waals surface area contributed by atoms with Gasteiger partial charge in [-0.05, 0) is 6.07 Å². The lowest BCUT2D eigenvalue weighted by molar-refractivity contribution is -0.135. The number of fused-ring (bicyclic) bond motifs is 1. The Bertz CT molecular complexity index is 775. The van der Waals surface area contributed by atoms with E-state index in [4.69, 9.17) is 9.47 Å². The molecule has 0 saturated heterocycles. The summed E-state index contributed by atoms with van der Waals surface area (Å²) in [6.07, 6.45) is 2.61. The molecule has 0 aliphatic carbocycles. The van der Waals surface area contributed by atoms with Crippen LogP contribution in [0.5, 0.6) is 5.75 Å². The molecular weight excluding hydrogens is 325 g/mol. The molecule has 0 fully saturated rings. The standard InChI is InChI=1S/C18H22FN3O3/c1-21-11-20-15-9-22(14(10-24-2)8-16(15)21)18(23)6-12-4-5-13(19)7-17(12)25-3/h4-5,7,11,14H,6,8-10H2,1-3H3/t14-/m0/s1. The number of imidazole rings is 1. The van der Waals surface area contributed by atoms with E-state index >= 15 is 0 Å². The Balaban J connectivity index is 1.82. The van der Waals surface area contributed by atoms with E-state index in [1.807, 2.05) is 11.6 Å². The molecule has 6 nitrogen and oxygen atoms in total. The molecule has 1 aliphatic heterocycles. The molecule has 134 valence electrons. The number of ether oxygens (including phenoxy) is 2. The number of carbonyl (C=O) groups is 1. The minimum Gasteiger partial charge on any atom is -0.496 e. The highest BCUT2D eigenvalue weighted by Gasteiger charge is 2.32. The van der Waals surface area contributed by atoms with Gasteiger partial charge in [0.1, 0.15) is 11.6 Å². The van der Waals surface area contributed by atoms with Gasteiger partial charge in [-0.25, -0.2) is 9.37 Å². The van der Waals surface area contributed by atoms with Crippen molar-refractivity contribution in [3.8, 4) is 5.75 Å². The summed E-state index contributed by atoms with van der Waals surface area (Å²) in [5.74, 6) is -0.0585. The predicted molar refractivity (Wildman–Crippen MR) is 89.8 cm³/mol. The van der Waals surface area contributed by atoms with Crippen LogP contribution >= 0.6 is 0 Å². The van der Waals surface area contributed by atoms with Gasteiger partial charge in [-0.15, -0.1) is 0 Å². The van der Waals surface area contributed by atoms with Crippen LogP contribution in [0.2, 0.25) is 0 Å². The zero-order valence-electron chi connectivity index (χ0n) is 14.7. The average Bonchev–Trinajstić information content (AvgIpc) is 2.96. The molecule has 0 bridgehead atoms. The van der Waals surface area contributed by atoms with Crippen LogP contribution in [-0.4, -0.2) is 47.2 Å². The second-order valence-electron chi connectivity index (χ2n) is 6.22. The lowest BCUT2D eigenvalue weighted by Gasteiger charge is -2.35. The van der Waals surface area contributed by atoms with Crippen molar-refractivity contribution in [1.82, 2.24) is 14.5 Å². The van der Waals surface area contributed by atoms with Crippen molar-refractivity contribution in [2.45, 2.75) is 25.4 Å². The molecule has 1 aromatic carbocycles. The van der Waals surface area contributed by atoms with Crippen molar-refractivity contribution in [3.63, 3.8) is 0 Å². The number of aryl methyl sites for hydroxylation is 1. The summed E-state index contributed by atoms with van der Waals surface area (Å²) in [6, 6.07) is 4.17. The number of benzene rings is 1. The monoisotopic (exact) mass is 347 g/mol. The number of carbonyl (C=O) groups excluding carboxylic acids is 1. The molecule has 3 rings (SSSR count). The van der Waals surface area contributed by atoms with Crippen LogP contribution in [0.25, 0.3) is 0 Å². The summed E-state index contributed by atoms with van der Waals surface area (Å²) in [5, 5.41) is 0. The Morgan fingerprint density at radius 3 is 2.92 bits per heavy atom. The van der Waals surface area contributed by atoms with Gasteiger partial charge in [0.2, 0.25) is 5.91 Å². The van der Waals surface area contributed by atoms with Crippen molar-refractivity contribution in [2.24, 2.45) is 7.05 Å². The molecule has 7 heteroatoms. The van der Waals surface area contributed by atoms with Crippen LogP contribution < -0.4 is 4.74 Å². The Labute approximate surface area is 146 Å². The number of hydrogen-bond acceptors (Lipinski definition) is 4. The molecule has 1 aliphatic rings. The quantitative estimate of drug-likeness (QED) is 0.826. The first-order valence-electron chi connectivity index (χ1n) is 8.13.